The highest BCUT2D eigenvalue weighted by Crippen LogP contribution is 2.31. The zero-order valence-corrected chi connectivity index (χ0v) is 18.6. The van der Waals surface area contributed by atoms with E-state index in [0.29, 0.717) is 3.79 Å². The highest BCUT2D eigenvalue weighted by atomic mass is 79.9. The Bertz CT molecular complexity index is 1030. The maximum absolute atomic E-state index is 12.8. The summed E-state index contributed by atoms with van der Waals surface area (Å²) in [6.07, 6.45) is 0. The molecule has 1 aliphatic heterocycles. The van der Waals surface area contributed by atoms with Crippen molar-refractivity contribution in [3.05, 3.63) is 44.2 Å². The second kappa shape index (κ2) is 7.67. The number of rotatable bonds is 4. The van der Waals surface area contributed by atoms with Gasteiger partial charge in [-0.2, -0.15) is 8.61 Å². The molecule has 0 radical (unpaired) electrons. The predicted octanol–water partition coefficient (Wildman–Crippen LogP) is 3.51. The molecular formula is C14H13BrCl2N2O4S3. The van der Waals surface area contributed by atoms with Gasteiger partial charge in [-0.25, -0.2) is 16.8 Å². The van der Waals surface area contributed by atoms with Crippen LogP contribution in [0.2, 0.25) is 10.0 Å². The van der Waals surface area contributed by atoms with Gasteiger partial charge in [-0.15, -0.1) is 11.3 Å². The van der Waals surface area contributed by atoms with E-state index in [-0.39, 0.29) is 45.3 Å². The van der Waals surface area contributed by atoms with E-state index in [2.05, 4.69) is 15.9 Å². The summed E-state index contributed by atoms with van der Waals surface area (Å²) in [5.74, 6) is 0. The molecule has 1 saturated heterocycles. The van der Waals surface area contributed by atoms with Crippen LogP contribution in [0.1, 0.15) is 0 Å². The van der Waals surface area contributed by atoms with Gasteiger partial charge in [-0.3, -0.25) is 0 Å². The van der Waals surface area contributed by atoms with Crippen LogP contribution in [0.3, 0.4) is 0 Å². The van der Waals surface area contributed by atoms with Crippen molar-refractivity contribution in [2.45, 2.75) is 9.10 Å². The van der Waals surface area contributed by atoms with Crippen LogP contribution in [-0.4, -0.2) is 51.6 Å². The predicted molar refractivity (Wildman–Crippen MR) is 106 cm³/mol. The lowest BCUT2D eigenvalue weighted by Gasteiger charge is -2.33. The molecule has 1 aromatic heterocycles. The fraction of sp³-hybridized carbons (Fsp3) is 0.286. The van der Waals surface area contributed by atoms with Gasteiger partial charge >= 0.3 is 0 Å². The smallest absolute Gasteiger partial charge is 0.207 e. The highest BCUT2D eigenvalue weighted by Gasteiger charge is 2.35. The van der Waals surface area contributed by atoms with Crippen molar-refractivity contribution in [3.63, 3.8) is 0 Å². The molecule has 3 rings (SSSR count). The minimum atomic E-state index is -3.85. The molecule has 1 fully saturated rings. The van der Waals surface area contributed by atoms with Gasteiger partial charge in [0.2, 0.25) is 10.0 Å². The number of thiophene rings is 1. The molecule has 0 aliphatic carbocycles. The van der Waals surface area contributed by atoms with Crippen molar-refractivity contribution in [3.8, 4) is 0 Å². The summed E-state index contributed by atoms with van der Waals surface area (Å²) in [5, 5.41) is 0.338. The molecule has 2 aromatic rings. The summed E-state index contributed by atoms with van der Waals surface area (Å²) in [7, 11) is -7.49. The average molecular weight is 520 g/mol. The molecule has 1 aromatic carbocycles. The van der Waals surface area contributed by atoms with Crippen LogP contribution in [0.4, 0.5) is 0 Å². The SMILES string of the molecule is O=S(=O)(c1ccc(Br)s1)N1CCN(S(=O)(=O)c2cc(Cl)ccc2Cl)CC1. The Balaban J connectivity index is 1.79. The normalized spacial score (nSPS) is 17.5. The molecule has 2 heterocycles. The lowest BCUT2D eigenvalue weighted by Crippen LogP contribution is -2.50. The van der Waals surface area contributed by atoms with Crippen LogP contribution >= 0.6 is 50.5 Å². The first kappa shape index (κ1) is 20.5. The molecule has 142 valence electrons. The number of benzene rings is 1. The summed E-state index contributed by atoms with van der Waals surface area (Å²) in [5.41, 5.74) is 0. The Morgan fingerprint density at radius 2 is 1.46 bits per heavy atom. The van der Waals surface area contributed by atoms with Crippen LogP contribution in [0.5, 0.6) is 0 Å². The van der Waals surface area contributed by atoms with Crippen molar-refractivity contribution in [1.29, 1.82) is 0 Å². The Morgan fingerprint density at radius 1 is 0.885 bits per heavy atom. The third-order valence-electron chi connectivity index (χ3n) is 3.85. The van der Waals surface area contributed by atoms with Gasteiger partial charge < -0.3 is 0 Å². The summed E-state index contributed by atoms with van der Waals surface area (Å²) in [6, 6.07) is 7.42. The summed E-state index contributed by atoms with van der Waals surface area (Å²) < 4.78 is 54.3. The second-order valence-corrected chi connectivity index (χ2v) is 12.8. The van der Waals surface area contributed by atoms with Gasteiger partial charge in [-0.1, -0.05) is 23.2 Å². The summed E-state index contributed by atoms with van der Waals surface area (Å²) in [6.45, 7) is 0.207. The molecule has 12 heteroatoms. The summed E-state index contributed by atoms with van der Waals surface area (Å²) in [4.78, 5) is -0.0786. The molecule has 0 unspecified atom stereocenters. The maximum atomic E-state index is 12.8. The van der Waals surface area contributed by atoms with E-state index in [1.54, 1.807) is 6.07 Å². The number of halogens is 3. The van der Waals surface area contributed by atoms with Gasteiger partial charge in [0.1, 0.15) is 9.10 Å². The largest absolute Gasteiger partial charge is 0.252 e. The van der Waals surface area contributed by atoms with Crippen LogP contribution in [0, 0.1) is 0 Å². The average Bonchev–Trinajstić information content (AvgIpc) is 3.04. The van der Waals surface area contributed by atoms with E-state index in [4.69, 9.17) is 23.2 Å². The van der Waals surface area contributed by atoms with Gasteiger partial charge in [0.05, 0.1) is 8.81 Å². The Hall–Kier alpha value is -0.200. The van der Waals surface area contributed by atoms with Gasteiger partial charge in [-0.05, 0) is 46.3 Å². The van der Waals surface area contributed by atoms with Gasteiger partial charge in [0.25, 0.3) is 10.0 Å². The van der Waals surface area contributed by atoms with Crippen LogP contribution < -0.4 is 0 Å². The molecule has 0 N–H and O–H groups in total. The third-order valence-corrected chi connectivity index (χ3v) is 10.5. The Labute approximate surface area is 174 Å². The molecule has 0 spiro atoms. The molecule has 1 aliphatic rings. The second-order valence-electron chi connectivity index (χ2n) is 5.44. The standard InChI is InChI=1S/C14H13BrCl2N2O4S3/c15-13-3-4-14(24-13)26(22,23)19-7-5-18(6-8-19)25(20,21)12-9-10(16)1-2-11(12)17/h1-4,9H,5-8H2. The molecule has 0 saturated carbocycles. The van der Waals surface area contributed by atoms with Gasteiger partial charge in [0.15, 0.2) is 0 Å². The van der Waals surface area contributed by atoms with E-state index in [1.807, 2.05) is 0 Å². The topological polar surface area (TPSA) is 74.8 Å². The molecule has 26 heavy (non-hydrogen) atoms. The highest BCUT2D eigenvalue weighted by molar-refractivity contribution is 9.11. The third kappa shape index (κ3) is 3.97. The number of hydrogen-bond acceptors (Lipinski definition) is 5. The van der Waals surface area contributed by atoms with Crippen LogP contribution in [0.15, 0.2) is 43.2 Å². The molecule has 0 atom stereocenters. The van der Waals surface area contributed by atoms with E-state index in [9.17, 15) is 16.8 Å². The monoisotopic (exact) mass is 518 g/mol. The Morgan fingerprint density at radius 3 is 2.00 bits per heavy atom. The fourth-order valence-corrected chi connectivity index (χ4v) is 8.27. The minimum absolute atomic E-state index is 0.0386. The zero-order chi connectivity index (χ0) is 19.1. The first-order valence-electron chi connectivity index (χ1n) is 7.33. The van der Waals surface area contributed by atoms with Crippen molar-refractivity contribution in [2.24, 2.45) is 0 Å². The number of piperazine rings is 1. The van der Waals surface area contributed by atoms with Crippen molar-refractivity contribution < 1.29 is 16.8 Å². The van der Waals surface area contributed by atoms with E-state index >= 15 is 0 Å². The number of hydrogen-bond donors (Lipinski definition) is 0. The lowest BCUT2D eigenvalue weighted by atomic mass is 10.4. The molecule has 0 amide bonds. The molecule has 0 bridgehead atoms. The van der Waals surface area contributed by atoms with E-state index < -0.39 is 20.0 Å². The maximum Gasteiger partial charge on any atom is 0.252 e. The van der Waals surface area contributed by atoms with Crippen LogP contribution in [0.25, 0.3) is 0 Å². The number of nitrogens with zero attached hydrogens (tertiary/aromatic N) is 2. The van der Waals surface area contributed by atoms with Crippen molar-refractivity contribution in [1.82, 2.24) is 8.61 Å². The Kier molecular flexibility index (Phi) is 6.06. The van der Waals surface area contributed by atoms with E-state index in [0.717, 1.165) is 11.3 Å². The zero-order valence-electron chi connectivity index (χ0n) is 13.1. The van der Waals surface area contributed by atoms with E-state index in [1.165, 1.54) is 32.9 Å². The molecular weight excluding hydrogens is 507 g/mol. The summed E-state index contributed by atoms with van der Waals surface area (Å²) >= 11 is 16.3. The quantitative estimate of drug-likeness (QED) is 0.619. The van der Waals surface area contributed by atoms with Crippen molar-refractivity contribution in [2.75, 3.05) is 26.2 Å². The minimum Gasteiger partial charge on any atom is -0.207 e. The van der Waals surface area contributed by atoms with Crippen LogP contribution in [-0.2, 0) is 20.0 Å². The fourth-order valence-electron chi connectivity index (χ4n) is 2.53. The molecule has 6 nitrogen and oxygen atoms in total. The first-order chi connectivity index (χ1) is 12.1. The lowest BCUT2D eigenvalue weighted by molar-refractivity contribution is 0.273. The van der Waals surface area contributed by atoms with Gasteiger partial charge in [0, 0.05) is 31.2 Å². The number of sulfonamides is 2. The first-order valence-corrected chi connectivity index (χ1v) is 12.6. The van der Waals surface area contributed by atoms with Crippen molar-refractivity contribution >= 4 is 70.5 Å².